The van der Waals surface area contributed by atoms with Gasteiger partial charge in [-0.1, -0.05) is 18.7 Å². The van der Waals surface area contributed by atoms with Gasteiger partial charge in [0, 0.05) is 11.4 Å². The molecule has 1 aliphatic carbocycles. The number of aryl methyl sites for hydroxylation is 1. The van der Waals surface area contributed by atoms with E-state index < -0.39 is 0 Å². The number of aromatic nitrogens is 3. The molecule has 132 valence electrons. The van der Waals surface area contributed by atoms with Gasteiger partial charge in [0.25, 0.3) is 0 Å². The van der Waals surface area contributed by atoms with Crippen LogP contribution in [0.1, 0.15) is 42.1 Å². The lowest BCUT2D eigenvalue weighted by Gasteiger charge is -2.17. The van der Waals surface area contributed by atoms with Gasteiger partial charge in [0.2, 0.25) is 5.91 Å². The van der Waals surface area contributed by atoms with E-state index in [0.717, 1.165) is 42.4 Å². The van der Waals surface area contributed by atoms with Crippen LogP contribution in [0.3, 0.4) is 0 Å². The molecule has 2 heterocycles. The van der Waals surface area contributed by atoms with Crippen LogP contribution in [0, 0.1) is 24.2 Å². The molecule has 0 bridgehead atoms. The van der Waals surface area contributed by atoms with Gasteiger partial charge in [-0.3, -0.25) is 4.79 Å². The van der Waals surface area contributed by atoms with E-state index in [1.165, 1.54) is 16.6 Å². The van der Waals surface area contributed by atoms with E-state index in [-0.39, 0.29) is 11.7 Å². The van der Waals surface area contributed by atoms with E-state index in [9.17, 15) is 10.1 Å². The van der Waals surface area contributed by atoms with Crippen molar-refractivity contribution in [1.82, 2.24) is 14.8 Å². The minimum Gasteiger partial charge on any atom is -0.316 e. The topological polar surface area (TPSA) is 83.6 Å². The summed E-state index contributed by atoms with van der Waals surface area (Å²) in [6.07, 6.45) is 3.03. The van der Waals surface area contributed by atoms with Crippen molar-refractivity contribution in [2.45, 2.75) is 51.7 Å². The lowest BCUT2D eigenvalue weighted by molar-refractivity contribution is -0.113. The summed E-state index contributed by atoms with van der Waals surface area (Å²) in [6.45, 7) is 6.93. The summed E-state index contributed by atoms with van der Waals surface area (Å²) >= 11 is 2.92. The standard InChI is InChI=1S/C17H21N5OS2/c1-4-22-11(3)20-21-17(22)24-9-15(23)19-16-13(8-18)12-6-5-10(2)7-14(12)25-16/h10H,4-7,9H2,1-3H3,(H,19,23)/t10-/m1/s1. The summed E-state index contributed by atoms with van der Waals surface area (Å²) < 4.78 is 1.98. The number of nitriles is 1. The number of amides is 1. The number of carbonyl (C=O) groups is 1. The van der Waals surface area contributed by atoms with Gasteiger partial charge in [-0.15, -0.1) is 21.5 Å². The molecule has 1 atom stereocenters. The predicted molar refractivity (Wildman–Crippen MR) is 100 cm³/mol. The van der Waals surface area contributed by atoms with Crippen LogP contribution in [-0.2, 0) is 24.2 Å². The zero-order valence-corrected chi connectivity index (χ0v) is 16.3. The maximum absolute atomic E-state index is 12.3. The van der Waals surface area contributed by atoms with Crippen molar-refractivity contribution in [1.29, 1.82) is 5.26 Å². The first-order valence-corrected chi connectivity index (χ1v) is 10.2. The molecular formula is C17H21N5OS2. The SMILES string of the molecule is CCn1c(C)nnc1SCC(=O)Nc1sc2c(c1C#N)CC[C@@H](C)C2. The van der Waals surface area contributed by atoms with Crippen LogP contribution in [-0.4, -0.2) is 26.4 Å². The zero-order chi connectivity index (χ0) is 18.0. The largest absolute Gasteiger partial charge is 0.316 e. The van der Waals surface area contributed by atoms with Gasteiger partial charge >= 0.3 is 0 Å². The van der Waals surface area contributed by atoms with E-state index in [2.05, 4.69) is 28.5 Å². The molecule has 0 saturated heterocycles. The Balaban J connectivity index is 1.68. The van der Waals surface area contributed by atoms with Gasteiger partial charge in [-0.25, -0.2) is 0 Å². The molecule has 8 heteroatoms. The Morgan fingerprint density at radius 3 is 3.04 bits per heavy atom. The summed E-state index contributed by atoms with van der Waals surface area (Å²) in [5, 5.41) is 22.0. The molecule has 1 amide bonds. The summed E-state index contributed by atoms with van der Waals surface area (Å²) in [6, 6.07) is 2.28. The first kappa shape index (κ1) is 18.0. The van der Waals surface area contributed by atoms with E-state index in [0.29, 0.717) is 16.5 Å². The molecule has 0 aliphatic heterocycles. The molecule has 1 aliphatic rings. The molecule has 6 nitrogen and oxygen atoms in total. The molecule has 0 unspecified atom stereocenters. The van der Waals surface area contributed by atoms with Gasteiger partial charge in [0.05, 0.1) is 11.3 Å². The van der Waals surface area contributed by atoms with Gasteiger partial charge < -0.3 is 9.88 Å². The number of rotatable bonds is 5. The Morgan fingerprint density at radius 2 is 2.32 bits per heavy atom. The van der Waals surface area contributed by atoms with Crippen molar-refractivity contribution in [3.05, 3.63) is 21.8 Å². The minimum atomic E-state index is -0.114. The van der Waals surface area contributed by atoms with Crippen molar-refractivity contribution >= 4 is 34.0 Å². The molecule has 0 fully saturated rings. The van der Waals surface area contributed by atoms with E-state index in [1.807, 2.05) is 18.4 Å². The summed E-state index contributed by atoms with van der Waals surface area (Å²) in [5.74, 6) is 1.62. The molecule has 0 spiro atoms. The van der Waals surface area contributed by atoms with Crippen LogP contribution in [0.5, 0.6) is 0 Å². The molecule has 2 aromatic heterocycles. The van der Waals surface area contributed by atoms with Crippen LogP contribution >= 0.6 is 23.1 Å². The predicted octanol–water partition coefficient (Wildman–Crippen LogP) is 3.40. The molecule has 0 saturated carbocycles. The molecule has 25 heavy (non-hydrogen) atoms. The molecular weight excluding hydrogens is 354 g/mol. The van der Waals surface area contributed by atoms with Crippen LogP contribution in [0.4, 0.5) is 5.00 Å². The first-order chi connectivity index (χ1) is 12.0. The fourth-order valence-electron chi connectivity index (χ4n) is 3.08. The lowest BCUT2D eigenvalue weighted by atomic mass is 9.89. The first-order valence-electron chi connectivity index (χ1n) is 8.40. The third kappa shape index (κ3) is 3.72. The third-order valence-electron chi connectivity index (χ3n) is 4.43. The van der Waals surface area contributed by atoms with Crippen LogP contribution in [0.2, 0.25) is 0 Å². The van der Waals surface area contributed by atoms with E-state index in [1.54, 1.807) is 11.3 Å². The quantitative estimate of drug-likeness (QED) is 0.810. The van der Waals surface area contributed by atoms with Gasteiger partial charge in [0.1, 0.15) is 16.9 Å². The van der Waals surface area contributed by atoms with Crippen molar-refractivity contribution < 1.29 is 4.79 Å². The van der Waals surface area contributed by atoms with E-state index in [4.69, 9.17) is 0 Å². The van der Waals surface area contributed by atoms with Gasteiger partial charge in [-0.2, -0.15) is 5.26 Å². The zero-order valence-electron chi connectivity index (χ0n) is 14.6. The molecule has 0 radical (unpaired) electrons. The molecule has 3 rings (SSSR count). The number of thioether (sulfide) groups is 1. The number of nitrogens with zero attached hydrogens (tertiary/aromatic N) is 4. The monoisotopic (exact) mass is 375 g/mol. The van der Waals surface area contributed by atoms with Crippen molar-refractivity contribution in [3.8, 4) is 6.07 Å². The summed E-state index contributed by atoms with van der Waals surface area (Å²) in [4.78, 5) is 13.6. The maximum atomic E-state index is 12.3. The Morgan fingerprint density at radius 1 is 1.52 bits per heavy atom. The van der Waals surface area contributed by atoms with E-state index >= 15 is 0 Å². The second kappa shape index (κ2) is 7.58. The Kier molecular flexibility index (Phi) is 5.45. The highest BCUT2D eigenvalue weighted by Gasteiger charge is 2.24. The van der Waals surface area contributed by atoms with Gasteiger partial charge in [-0.05, 0) is 44.6 Å². The van der Waals surface area contributed by atoms with Crippen LogP contribution in [0.15, 0.2) is 5.16 Å². The van der Waals surface area contributed by atoms with Crippen molar-refractivity contribution in [3.63, 3.8) is 0 Å². The maximum Gasteiger partial charge on any atom is 0.235 e. The molecule has 1 N–H and O–H groups in total. The van der Waals surface area contributed by atoms with Crippen LogP contribution in [0.25, 0.3) is 0 Å². The fraction of sp³-hybridized carbons (Fsp3) is 0.529. The summed E-state index contributed by atoms with van der Waals surface area (Å²) in [7, 11) is 0. The number of carbonyl (C=O) groups excluding carboxylic acids is 1. The lowest BCUT2D eigenvalue weighted by Crippen LogP contribution is -2.14. The van der Waals surface area contributed by atoms with Crippen molar-refractivity contribution in [2.24, 2.45) is 5.92 Å². The highest BCUT2D eigenvalue weighted by molar-refractivity contribution is 7.99. The van der Waals surface area contributed by atoms with Crippen molar-refractivity contribution in [2.75, 3.05) is 11.1 Å². The number of hydrogen-bond donors (Lipinski definition) is 1. The normalized spacial score (nSPS) is 16.3. The number of thiophene rings is 1. The highest BCUT2D eigenvalue weighted by atomic mass is 32.2. The Bertz CT molecular complexity index is 833. The van der Waals surface area contributed by atoms with Crippen LogP contribution < -0.4 is 5.32 Å². The highest BCUT2D eigenvalue weighted by Crippen LogP contribution is 2.39. The number of hydrogen-bond acceptors (Lipinski definition) is 6. The second-order valence-corrected chi connectivity index (χ2v) is 8.33. The number of fused-ring (bicyclic) bond motifs is 1. The third-order valence-corrected chi connectivity index (χ3v) is 6.56. The van der Waals surface area contributed by atoms with Gasteiger partial charge in [0.15, 0.2) is 5.16 Å². The average molecular weight is 376 g/mol. The number of anilines is 1. The fourth-order valence-corrected chi connectivity index (χ4v) is 5.31. The molecule has 0 aromatic carbocycles. The second-order valence-electron chi connectivity index (χ2n) is 6.28. The number of nitrogens with one attached hydrogen (secondary N) is 1. The smallest absolute Gasteiger partial charge is 0.235 e. The molecule has 2 aromatic rings. The Labute approximate surface area is 155 Å². The Hall–Kier alpha value is -1.85. The summed E-state index contributed by atoms with van der Waals surface area (Å²) in [5.41, 5.74) is 1.78. The average Bonchev–Trinajstić information content (AvgIpc) is 3.11. The minimum absolute atomic E-state index is 0.114.